The molecule has 0 saturated carbocycles. The molecule has 1 saturated heterocycles. The maximum absolute atomic E-state index is 13.8. The Kier molecular flexibility index (Phi) is 6.99. The van der Waals surface area contributed by atoms with Crippen molar-refractivity contribution in [3.05, 3.63) is 102 Å². The molecule has 5 aromatic rings. The number of rotatable bonds is 8. The topological polar surface area (TPSA) is 106 Å². The minimum atomic E-state index is -0.993. The Bertz CT molecular complexity index is 1920. The van der Waals surface area contributed by atoms with Crippen molar-refractivity contribution in [3.63, 3.8) is 0 Å². The molecule has 1 atom stereocenters. The molecule has 9 nitrogen and oxygen atoms in total. The summed E-state index contributed by atoms with van der Waals surface area (Å²) in [6.45, 7) is 9.93. The first-order valence-electron chi connectivity index (χ1n) is 13.4. The van der Waals surface area contributed by atoms with Crippen LogP contribution in [0.5, 0.6) is 11.5 Å². The van der Waals surface area contributed by atoms with Crippen LogP contribution in [-0.4, -0.2) is 44.4 Å². The zero-order valence-electron chi connectivity index (χ0n) is 23.3. The first-order valence-corrected chi connectivity index (χ1v) is 14.3. The molecule has 10 heteroatoms. The number of carbonyl (C=O) groups is 2. The second kappa shape index (κ2) is 10.8. The lowest BCUT2D eigenvalue weighted by Gasteiger charge is -2.24. The van der Waals surface area contributed by atoms with Gasteiger partial charge in [-0.25, -0.2) is 9.97 Å². The summed E-state index contributed by atoms with van der Waals surface area (Å²) in [7, 11) is 0. The van der Waals surface area contributed by atoms with Crippen molar-refractivity contribution in [2.45, 2.75) is 26.8 Å². The Labute approximate surface area is 246 Å². The number of anilines is 1. The average Bonchev–Trinajstić information content (AvgIpc) is 3.62. The van der Waals surface area contributed by atoms with Gasteiger partial charge in [-0.05, 0) is 68.3 Å². The fraction of sp³-hybridized carbons (Fsp3) is 0.188. The number of aliphatic hydroxyl groups is 1. The lowest BCUT2D eigenvalue weighted by molar-refractivity contribution is -0.132. The second-order valence-electron chi connectivity index (χ2n) is 9.85. The molecule has 4 heterocycles. The highest BCUT2D eigenvalue weighted by atomic mass is 32.1. The summed E-state index contributed by atoms with van der Waals surface area (Å²) in [6, 6.07) is 15.5. The Hall–Kier alpha value is -4.96. The number of thiazole rings is 1. The van der Waals surface area contributed by atoms with Gasteiger partial charge in [0, 0.05) is 6.20 Å². The van der Waals surface area contributed by atoms with Gasteiger partial charge in [-0.3, -0.25) is 18.9 Å². The zero-order valence-corrected chi connectivity index (χ0v) is 24.1. The van der Waals surface area contributed by atoms with Gasteiger partial charge in [-0.2, -0.15) is 0 Å². The molecule has 1 aliphatic rings. The van der Waals surface area contributed by atoms with Gasteiger partial charge in [0.15, 0.2) is 22.4 Å². The molecule has 1 N–H and O–H groups in total. The average molecular weight is 581 g/mol. The molecule has 0 bridgehead atoms. The lowest BCUT2D eigenvalue weighted by atomic mass is 9.96. The van der Waals surface area contributed by atoms with E-state index in [1.54, 1.807) is 53.9 Å². The summed E-state index contributed by atoms with van der Waals surface area (Å²) in [6.07, 6.45) is 3.38. The number of ketones is 1. The number of Topliss-reactive ketones (excluding diaryl/α,β-unsaturated/α-hetero) is 1. The number of imidazole rings is 1. The zero-order chi connectivity index (χ0) is 29.5. The van der Waals surface area contributed by atoms with Gasteiger partial charge < -0.3 is 14.6 Å². The van der Waals surface area contributed by atoms with Crippen LogP contribution >= 0.6 is 11.3 Å². The molecule has 1 fully saturated rings. The normalized spacial score (nSPS) is 16.5. The number of hydrogen-bond donors (Lipinski definition) is 1. The maximum atomic E-state index is 13.8. The Morgan fingerprint density at radius 2 is 1.90 bits per heavy atom. The smallest absolute Gasteiger partial charge is 0.301 e. The van der Waals surface area contributed by atoms with Crippen molar-refractivity contribution in [2.24, 2.45) is 0 Å². The number of carbonyl (C=O) groups excluding carboxylic acids is 2. The van der Waals surface area contributed by atoms with E-state index in [2.05, 4.69) is 11.6 Å². The number of hydrogen-bond acceptors (Lipinski definition) is 8. The molecule has 1 aliphatic heterocycles. The summed E-state index contributed by atoms with van der Waals surface area (Å²) in [5.74, 6) is -0.991. The van der Waals surface area contributed by atoms with Gasteiger partial charge in [-0.1, -0.05) is 42.2 Å². The summed E-state index contributed by atoms with van der Waals surface area (Å²) in [4.78, 5) is 38.2. The summed E-state index contributed by atoms with van der Waals surface area (Å²) >= 11 is 1.31. The second-order valence-corrected chi connectivity index (χ2v) is 10.9. The SMILES string of the molecule is C=CCOc1ccc(C2/C(=C(\O)c3c(C)nc4ccccn34)C(=O)C(=O)N2c2nc3ccc(C)cc3s2)cc1OCC. The predicted molar refractivity (Wildman–Crippen MR) is 162 cm³/mol. The third-order valence-corrected chi connectivity index (χ3v) is 8.07. The molecule has 6 rings (SSSR count). The first kappa shape index (κ1) is 27.2. The summed E-state index contributed by atoms with van der Waals surface area (Å²) in [5.41, 5.74) is 3.70. The number of benzene rings is 2. The number of aryl methyl sites for hydroxylation is 2. The number of amides is 1. The molecule has 0 radical (unpaired) electrons. The molecular formula is C32H28N4O5S. The largest absolute Gasteiger partial charge is 0.505 e. The number of nitrogens with zero attached hydrogens (tertiary/aromatic N) is 4. The molecule has 2 aromatic carbocycles. The number of aliphatic hydroxyl groups excluding tert-OH is 1. The molecule has 0 aliphatic carbocycles. The fourth-order valence-corrected chi connectivity index (χ4v) is 6.32. The fourth-order valence-electron chi connectivity index (χ4n) is 5.23. The minimum Gasteiger partial charge on any atom is -0.505 e. The lowest BCUT2D eigenvalue weighted by Crippen LogP contribution is -2.29. The van der Waals surface area contributed by atoms with Crippen LogP contribution in [0.4, 0.5) is 5.13 Å². The quantitative estimate of drug-likeness (QED) is 0.102. The van der Waals surface area contributed by atoms with Crippen molar-refractivity contribution in [2.75, 3.05) is 18.1 Å². The Morgan fingerprint density at radius 1 is 1.07 bits per heavy atom. The van der Waals surface area contributed by atoms with Crippen molar-refractivity contribution < 1.29 is 24.2 Å². The number of aromatic nitrogens is 3. The molecular weight excluding hydrogens is 552 g/mol. The number of fused-ring (bicyclic) bond motifs is 2. The van der Waals surface area contributed by atoms with Gasteiger partial charge in [-0.15, -0.1) is 0 Å². The van der Waals surface area contributed by atoms with Crippen LogP contribution in [0.15, 0.2) is 79.0 Å². The molecule has 1 unspecified atom stereocenters. The van der Waals surface area contributed by atoms with Gasteiger partial charge in [0.25, 0.3) is 5.78 Å². The van der Waals surface area contributed by atoms with Gasteiger partial charge in [0.1, 0.15) is 17.9 Å². The first-order chi connectivity index (χ1) is 20.3. The Morgan fingerprint density at radius 3 is 2.69 bits per heavy atom. The number of pyridine rings is 1. The van der Waals surface area contributed by atoms with E-state index in [0.29, 0.717) is 51.4 Å². The monoisotopic (exact) mass is 580 g/mol. The van der Waals surface area contributed by atoms with E-state index in [1.165, 1.54) is 16.2 Å². The van der Waals surface area contributed by atoms with E-state index < -0.39 is 17.7 Å². The third-order valence-electron chi connectivity index (χ3n) is 7.05. The van der Waals surface area contributed by atoms with Crippen molar-refractivity contribution in [1.82, 2.24) is 14.4 Å². The molecule has 1 amide bonds. The third kappa shape index (κ3) is 4.50. The van der Waals surface area contributed by atoms with Crippen molar-refractivity contribution in [1.29, 1.82) is 0 Å². The van der Waals surface area contributed by atoms with Crippen LogP contribution in [0, 0.1) is 13.8 Å². The Balaban J connectivity index is 1.60. The predicted octanol–water partition coefficient (Wildman–Crippen LogP) is 6.15. The van der Waals surface area contributed by atoms with E-state index in [1.807, 2.05) is 38.1 Å². The highest BCUT2D eigenvalue weighted by Gasteiger charge is 2.49. The molecule has 0 spiro atoms. The van der Waals surface area contributed by atoms with Crippen LogP contribution in [-0.2, 0) is 9.59 Å². The molecule has 3 aromatic heterocycles. The number of ether oxygens (including phenoxy) is 2. The van der Waals surface area contributed by atoms with Gasteiger partial charge in [0.05, 0.1) is 34.1 Å². The van der Waals surface area contributed by atoms with Crippen LogP contribution in [0.3, 0.4) is 0 Å². The van der Waals surface area contributed by atoms with Crippen LogP contribution < -0.4 is 14.4 Å². The van der Waals surface area contributed by atoms with Gasteiger partial charge >= 0.3 is 5.91 Å². The highest BCUT2D eigenvalue weighted by Crippen LogP contribution is 2.46. The van der Waals surface area contributed by atoms with Gasteiger partial charge in [0.2, 0.25) is 0 Å². The van der Waals surface area contributed by atoms with Crippen molar-refractivity contribution >= 4 is 49.8 Å². The minimum absolute atomic E-state index is 0.0635. The van der Waals surface area contributed by atoms with E-state index in [0.717, 1.165) is 10.3 Å². The van der Waals surface area contributed by atoms with Crippen LogP contribution in [0.1, 0.15) is 35.5 Å². The van der Waals surface area contributed by atoms with E-state index >= 15 is 0 Å². The maximum Gasteiger partial charge on any atom is 0.301 e. The van der Waals surface area contributed by atoms with Crippen LogP contribution in [0.25, 0.3) is 21.6 Å². The van der Waals surface area contributed by atoms with E-state index in [-0.39, 0.29) is 17.9 Å². The van der Waals surface area contributed by atoms with E-state index in [4.69, 9.17) is 14.5 Å². The standard InChI is InChI=1S/C32H28N4O5S/c1-5-15-41-22-13-11-20(17-23(22)40-6-2)28-26(29(37)27-19(4)33-25-9-7-8-14-35(25)27)30(38)31(39)36(28)32-34-21-12-10-18(3)16-24(21)42-32/h5,7-14,16-17,28,37H,1,6,15H2,2-4H3/b29-26+. The van der Waals surface area contributed by atoms with E-state index in [9.17, 15) is 14.7 Å². The summed E-state index contributed by atoms with van der Waals surface area (Å²) in [5, 5.41) is 12.2. The van der Waals surface area contributed by atoms with Crippen molar-refractivity contribution in [3.8, 4) is 11.5 Å². The summed E-state index contributed by atoms with van der Waals surface area (Å²) < 4.78 is 14.2. The molecule has 212 valence electrons. The highest BCUT2D eigenvalue weighted by molar-refractivity contribution is 7.22. The molecule has 42 heavy (non-hydrogen) atoms. The van der Waals surface area contributed by atoms with Crippen LogP contribution in [0.2, 0.25) is 0 Å².